The van der Waals surface area contributed by atoms with Crippen molar-refractivity contribution in [3.05, 3.63) is 41.8 Å². The van der Waals surface area contributed by atoms with E-state index in [1.807, 2.05) is 23.1 Å². The Morgan fingerprint density at radius 1 is 0.968 bits per heavy atom. The lowest BCUT2D eigenvalue weighted by Crippen LogP contribution is -2.49. The van der Waals surface area contributed by atoms with Crippen molar-refractivity contribution in [2.75, 3.05) is 49.1 Å². The Labute approximate surface area is 186 Å². The zero-order valence-electron chi connectivity index (χ0n) is 17.5. The van der Waals surface area contributed by atoms with E-state index in [1.165, 1.54) is 19.3 Å². The van der Waals surface area contributed by atoms with E-state index in [4.69, 9.17) is 11.6 Å². The highest BCUT2D eigenvalue weighted by Gasteiger charge is 2.23. The van der Waals surface area contributed by atoms with Gasteiger partial charge < -0.3 is 14.7 Å². The van der Waals surface area contributed by atoms with Crippen LogP contribution in [0.1, 0.15) is 19.3 Å². The number of amides is 1. The van der Waals surface area contributed by atoms with Gasteiger partial charge in [0.25, 0.3) is 0 Å². The van der Waals surface area contributed by atoms with Gasteiger partial charge in [-0.25, -0.2) is 14.6 Å². The molecule has 1 aromatic carbocycles. The van der Waals surface area contributed by atoms with Crippen molar-refractivity contribution in [1.82, 2.24) is 24.6 Å². The largest absolute Gasteiger partial charge is 0.368 e. The molecule has 162 valence electrons. The van der Waals surface area contributed by atoms with Crippen LogP contribution in [0.2, 0.25) is 5.02 Å². The summed E-state index contributed by atoms with van der Waals surface area (Å²) < 4.78 is 1.70. The Morgan fingerprint density at radius 2 is 1.77 bits per heavy atom. The number of carbonyl (C=O) groups is 1. The molecule has 2 aliphatic heterocycles. The number of aromatic nitrogens is 4. The van der Waals surface area contributed by atoms with E-state index >= 15 is 0 Å². The van der Waals surface area contributed by atoms with E-state index in [2.05, 4.69) is 30.9 Å². The number of anilines is 2. The summed E-state index contributed by atoms with van der Waals surface area (Å²) in [5.74, 6) is 0.993. The molecule has 0 aliphatic carbocycles. The molecule has 2 fully saturated rings. The summed E-state index contributed by atoms with van der Waals surface area (Å²) in [5, 5.41) is 6.12. The number of carbonyl (C=O) groups excluding carboxylic acids is 1. The molecule has 2 aromatic heterocycles. The van der Waals surface area contributed by atoms with Gasteiger partial charge in [0.15, 0.2) is 5.65 Å². The van der Waals surface area contributed by atoms with Crippen LogP contribution in [-0.2, 0) is 11.3 Å². The van der Waals surface area contributed by atoms with Crippen molar-refractivity contribution in [3.8, 4) is 0 Å². The molecule has 2 aliphatic rings. The monoisotopic (exact) mass is 439 g/mol. The Hall–Kier alpha value is -2.87. The molecule has 2 saturated heterocycles. The number of halogens is 1. The summed E-state index contributed by atoms with van der Waals surface area (Å²) in [6, 6.07) is 7.85. The van der Waals surface area contributed by atoms with Crippen LogP contribution in [0.5, 0.6) is 0 Å². The van der Waals surface area contributed by atoms with Crippen molar-refractivity contribution in [3.63, 3.8) is 0 Å². The number of piperidine rings is 1. The number of hydrogen-bond acceptors (Lipinski definition) is 6. The van der Waals surface area contributed by atoms with Crippen molar-refractivity contribution in [2.24, 2.45) is 0 Å². The fourth-order valence-corrected chi connectivity index (χ4v) is 4.65. The van der Waals surface area contributed by atoms with E-state index in [0.717, 1.165) is 53.7 Å². The summed E-state index contributed by atoms with van der Waals surface area (Å²) in [4.78, 5) is 28.4. The third kappa shape index (κ3) is 4.17. The van der Waals surface area contributed by atoms with Gasteiger partial charge in [0.2, 0.25) is 5.91 Å². The van der Waals surface area contributed by atoms with Crippen molar-refractivity contribution < 1.29 is 4.79 Å². The van der Waals surface area contributed by atoms with E-state index in [0.29, 0.717) is 13.1 Å². The average molecular weight is 440 g/mol. The van der Waals surface area contributed by atoms with Gasteiger partial charge in [-0.3, -0.25) is 4.79 Å². The normalized spacial score (nSPS) is 17.4. The van der Waals surface area contributed by atoms with Gasteiger partial charge in [-0.1, -0.05) is 17.7 Å². The highest BCUT2D eigenvalue weighted by atomic mass is 35.5. The number of rotatable bonds is 4. The third-order valence-electron chi connectivity index (χ3n) is 6.16. The summed E-state index contributed by atoms with van der Waals surface area (Å²) in [7, 11) is 0. The van der Waals surface area contributed by atoms with Crippen LogP contribution in [0.25, 0.3) is 11.0 Å². The van der Waals surface area contributed by atoms with Gasteiger partial charge in [-0.15, -0.1) is 0 Å². The predicted molar refractivity (Wildman–Crippen MR) is 122 cm³/mol. The van der Waals surface area contributed by atoms with Crippen LogP contribution in [-0.4, -0.2) is 69.8 Å². The van der Waals surface area contributed by atoms with Gasteiger partial charge in [-0.05, 0) is 37.5 Å². The molecule has 3 aromatic rings. The van der Waals surface area contributed by atoms with Crippen molar-refractivity contribution >= 4 is 40.0 Å². The van der Waals surface area contributed by atoms with Crippen LogP contribution in [0.4, 0.5) is 11.5 Å². The molecular formula is C22H26ClN7O. The quantitative estimate of drug-likeness (QED) is 0.622. The fourth-order valence-electron chi connectivity index (χ4n) is 4.47. The molecule has 0 atom stereocenters. The number of fused-ring (bicyclic) bond motifs is 1. The van der Waals surface area contributed by atoms with Gasteiger partial charge in [0.05, 0.1) is 11.6 Å². The predicted octanol–water partition coefficient (Wildman–Crippen LogP) is 2.82. The molecule has 9 heteroatoms. The van der Waals surface area contributed by atoms with E-state index in [1.54, 1.807) is 17.2 Å². The molecule has 0 unspecified atom stereocenters. The van der Waals surface area contributed by atoms with Gasteiger partial charge in [0.1, 0.15) is 18.7 Å². The minimum absolute atomic E-state index is 0.0638. The zero-order valence-corrected chi connectivity index (χ0v) is 18.2. The van der Waals surface area contributed by atoms with E-state index < -0.39 is 0 Å². The van der Waals surface area contributed by atoms with Crippen LogP contribution >= 0.6 is 11.6 Å². The highest BCUT2D eigenvalue weighted by Crippen LogP contribution is 2.25. The van der Waals surface area contributed by atoms with Crippen molar-refractivity contribution in [2.45, 2.75) is 25.8 Å². The Morgan fingerprint density at radius 3 is 2.55 bits per heavy atom. The number of nitrogens with zero attached hydrogens (tertiary/aromatic N) is 7. The minimum atomic E-state index is 0.0638. The standard InChI is InChI=1S/C22H26ClN7O/c23-17-5-4-6-18(13-17)27-9-11-28(12-10-27)20(31)15-30-22-19(14-26-30)21(24-16-25-22)29-7-2-1-3-8-29/h4-6,13-14,16H,1-3,7-12,15H2. The lowest BCUT2D eigenvalue weighted by molar-refractivity contribution is -0.132. The first-order valence-electron chi connectivity index (χ1n) is 10.9. The molecule has 0 spiro atoms. The highest BCUT2D eigenvalue weighted by molar-refractivity contribution is 6.30. The minimum Gasteiger partial charge on any atom is -0.368 e. The molecule has 5 rings (SSSR count). The van der Waals surface area contributed by atoms with Gasteiger partial charge in [0, 0.05) is 50.0 Å². The second-order valence-electron chi connectivity index (χ2n) is 8.13. The molecule has 31 heavy (non-hydrogen) atoms. The average Bonchev–Trinajstić information content (AvgIpc) is 3.22. The molecular weight excluding hydrogens is 414 g/mol. The van der Waals surface area contributed by atoms with E-state index in [9.17, 15) is 4.79 Å². The smallest absolute Gasteiger partial charge is 0.244 e. The molecule has 8 nitrogen and oxygen atoms in total. The van der Waals surface area contributed by atoms with Crippen LogP contribution in [0.15, 0.2) is 36.8 Å². The zero-order chi connectivity index (χ0) is 21.2. The Balaban J connectivity index is 1.26. The van der Waals surface area contributed by atoms with Gasteiger partial charge in [-0.2, -0.15) is 5.10 Å². The molecule has 0 saturated carbocycles. The maximum absolute atomic E-state index is 13.0. The van der Waals surface area contributed by atoms with Crippen molar-refractivity contribution in [1.29, 1.82) is 0 Å². The maximum Gasteiger partial charge on any atom is 0.244 e. The van der Waals surface area contributed by atoms with Crippen LogP contribution in [0.3, 0.4) is 0 Å². The molecule has 0 N–H and O–H groups in total. The first-order valence-corrected chi connectivity index (χ1v) is 11.3. The maximum atomic E-state index is 13.0. The Kier molecular flexibility index (Phi) is 5.63. The summed E-state index contributed by atoms with van der Waals surface area (Å²) in [6.45, 7) is 5.13. The lowest BCUT2D eigenvalue weighted by Gasteiger charge is -2.36. The topological polar surface area (TPSA) is 70.4 Å². The fraction of sp³-hybridized carbons (Fsp3) is 0.455. The van der Waals surface area contributed by atoms with Gasteiger partial charge >= 0.3 is 0 Å². The second-order valence-corrected chi connectivity index (χ2v) is 8.57. The van der Waals surface area contributed by atoms with Crippen LogP contribution < -0.4 is 9.80 Å². The number of benzene rings is 1. The first-order chi connectivity index (χ1) is 15.2. The summed E-state index contributed by atoms with van der Waals surface area (Å²) in [6.07, 6.45) is 7.00. The van der Waals surface area contributed by atoms with E-state index in [-0.39, 0.29) is 12.5 Å². The number of hydrogen-bond donors (Lipinski definition) is 0. The molecule has 1 amide bonds. The van der Waals surface area contributed by atoms with Crippen LogP contribution in [0, 0.1) is 0 Å². The molecule has 4 heterocycles. The summed E-state index contributed by atoms with van der Waals surface area (Å²) in [5.41, 5.74) is 1.82. The first kappa shape index (κ1) is 20.1. The molecule has 0 bridgehead atoms. The molecule has 0 radical (unpaired) electrons. The summed E-state index contributed by atoms with van der Waals surface area (Å²) >= 11 is 6.12. The SMILES string of the molecule is O=C(Cn1ncc2c(N3CCCCC3)ncnc21)N1CCN(c2cccc(Cl)c2)CC1. The third-order valence-corrected chi connectivity index (χ3v) is 6.39. The lowest BCUT2D eigenvalue weighted by atomic mass is 10.1. The second kappa shape index (κ2) is 8.70. The number of piperazine rings is 1. The Bertz CT molecular complexity index is 1070.